The predicted molar refractivity (Wildman–Crippen MR) is 93.2 cm³/mol. The Morgan fingerprint density at radius 2 is 1.54 bits per heavy atom. The minimum atomic E-state index is -0.493. The predicted octanol–water partition coefficient (Wildman–Crippen LogP) is 3.45. The molecule has 1 N–H and O–H groups in total. The largest absolute Gasteiger partial charge is 0.375 e. The molecule has 0 saturated heterocycles. The van der Waals surface area contributed by atoms with Crippen LogP contribution in [0.3, 0.4) is 0 Å². The molecule has 0 aliphatic carbocycles. The van der Waals surface area contributed by atoms with Gasteiger partial charge in [0.25, 0.3) is 11.8 Å². The Kier molecular flexibility index (Phi) is 4.88. The summed E-state index contributed by atoms with van der Waals surface area (Å²) in [6, 6.07) is 16.6. The zero-order valence-electron chi connectivity index (χ0n) is 12.6. The monoisotopic (exact) mass is 360 g/mol. The number of amides is 2. The molecule has 0 radical (unpaired) electrons. The first-order chi connectivity index (χ1) is 11.6. The third-order valence-electron chi connectivity index (χ3n) is 3.71. The standard InChI is InChI=1S/C18H14Cl2N2O2/c19-14-9-5-4-8-13(14)10-21-16-15(20)17(23)22(18(16)24)11-12-6-2-1-3-7-12/h1-9,21H,10-11H2. The molecule has 2 aromatic rings. The molecule has 1 heterocycles. The van der Waals surface area contributed by atoms with Gasteiger partial charge in [-0.2, -0.15) is 0 Å². The number of carbonyl (C=O) groups is 2. The lowest BCUT2D eigenvalue weighted by Gasteiger charge is -2.15. The van der Waals surface area contributed by atoms with Gasteiger partial charge in [0.05, 0.1) is 6.54 Å². The summed E-state index contributed by atoms with van der Waals surface area (Å²) in [6.07, 6.45) is 0. The zero-order chi connectivity index (χ0) is 17.1. The molecular weight excluding hydrogens is 347 g/mol. The van der Waals surface area contributed by atoms with Gasteiger partial charge in [-0.3, -0.25) is 14.5 Å². The molecule has 1 aliphatic heterocycles. The van der Waals surface area contributed by atoms with Crippen molar-refractivity contribution >= 4 is 35.0 Å². The lowest BCUT2D eigenvalue weighted by Crippen LogP contribution is -2.33. The summed E-state index contributed by atoms with van der Waals surface area (Å²) in [5.41, 5.74) is 1.78. The number of halogens is 2. The van der Waals surface area contributed by atoms with Crippen molar-refractivity contribution in [1.82, 2.24) is 10.2 Å². The highest BCUT2D eigenvalue weighted by atomic mass is 35.5. The third kappa shape index (κ3) is 3.30. The molecular formula is C18H14Cl2N2O2. The molecule has 1 aliphatic rings. The van der Waals surface area contributed by atoms with Crippen LogP contribution in [-0.4, -0.2) is 16.7 Å². The van der Waals surface area contributed by atoms with Crippen molar-refractivity contribution in [1.29, 1.82) is 0 Å². The van der Waals surface area contributed by atoms with Crippen molar-refractivity contribution in [3.63, 3.8) is 0 Å². The number of hydrogen-bond acceptors (Lipinski definition) is 3. The average molecular weight is 361 g/mol. The van der Waals surface area contributed by atoms with Gasteiger partial charge < -0.3 is 5.32 Å². The summed E-state index contributed by atoms with van der Waals surface area (Å²) in [7, 11) is 0. The second-order valence-corrected chi connectivity index (χ2v) is 6.10. The Labute approximate surface area is 149 Å². The van der Waals surface area contributed by atoms with Gasteiger partial charge in [-0.1, -0.05) is 71.7 Å². The molecule has 0 aromatic heterocycles. The topological polar surface area (TPSA) is 49.4 Å². The smallest absolute Gasteiger partial charge is 0.278 e. The summed E-state index contributed by atoms with van der Waals surface area (Å²) in [5, 5.41) is 3.42. The van der Waals surface area contributed by atoms with E-state index >= 15 is 0 Å². The van der Waals surface area contributed by atoms with E-state index in [1.54, 1.807) is 6.07 Å². The fourth-order valence-electron chi connectivity index (χ4n) is 2.43. The lowest BCUT2D eigenvalue weighted by atomic mass is 10.2. The molecule has 0 spiro atoms. The second-order valence-electron chi connectivity index (χ2n) is 5.32. The number of nitrogens with one attached hydrogen (secondary N) is 1. The molecule has 0 bridgehead atoms. The highest BCUT2D eigenvalue weighted by Gasteiger charge is 2.37. The quantitative estimate of drug-likeness (QED) is 0.830. The highest BCUT2D eigenvalue weighted by Crippen LogP contribution is 2.25. The van der Waals surface area contributed by atoms with E-state index in [1.807, 2.05) is 48.5 Å². The molecule has 3 rings (SSSR count). The van der Waals surface area contributed by atoms with Crippen LogP contribution < -0.4 is 5.32 Å². The van der Waals surface area contributed by atoms with Crippen LogP contribution in [0.15, 0.2) is 65.3 Å². The number of hydrogen-bond donors (Lipinski definition) is 1. The zero-order valence-corrected chi connectivity index (χ0v) is 14.1. The van der Waals surface area contributed by atoms with Crippen LogP contribution in [0.25, 0.3) is 0 Å². The maximum absolute atomic E-state index is 12.5. The molecule has 0 atom stereocenters. The molecule has 24 heavy (non-hydrogen) atoms. The fraction of sp³-hybridized carbons (Fsp3) is 0.111. The lowest BCUT2D eigenvalue weighted by molar-refractivity contribution is -0.138. The first-order valence-electron chi connectivity index (χ1n) is 7.35. The van der Waals surface area contributed by atoms with E-state index in [0.717, 1.165) is 16.0 Å². The van der Waals surface area contributed by atoms with Crippen molar-refractivity contribution in [3.8, 4) is 0 Å². The first-order valence-corrected chi connectivity index (χ1v) is 8.10. The van der Waals surface area contributed by atoms with Crippen LogP contribution in [0.4, 0.5) is 0 Å². The maximum atomic E-state index is 12.5. The van der Waals surface area contributed by atoms with Gasteiger partial charge in [0, 0.05) is 11.6 Å². The third-order valence-corrected chi connectivity index (χ3v) is 4.43. The minimum absolute atomic E-state index is 0.0945. The van der Waals surface area contributed by atoms with Gasteiger partial charge >= 0.3 is 0 Å². The number of benzene rings is 2. The number of nitrogens with zero attached hydrogens (tertiary/aromatic N) is 1. The van der Waals surface area contributed by atoms with Crippen LogP contribution in [0.2, 0.25) is 5.02 Å². The highest BCUT2D eigenvalue weighted by molar-refractivity contribution is 6.47. The Balaban J connectivity index is 1.73. The molecule has 0 fully saturated rings. The van der Waals surface area contributed by atoms with E-state index in [-0.39, 0.29) is 17.3 Å². The maximum Gasteiger partial charge on any atom is 0.278 e. The SMILES string of the molecule is O=C1C(Cl)=C(NCc2ccccc2Cl)C(=O)N1Cc1ccccc1. The van der Waals surface area contributed by atoms with E-state index in [2.05, 4.69) is 5.32 Å². The van der Waals surface area contributed by atoms with Gasteiger partial charge in [-0.15, -0.1) is 0 Å². The molecule has 0 unspecified atom stereocenters. The van der Waals surface area contributed by atoms with Gasteiger partial charge in [-0.05, 0) is 17.2 Å². The molecule has 0 saturated carbocycles. The molecule has 2 amide bonds. The summed E-state index contributed by atoms with van der Waals surface area (Å²) in [5.74, 6) is -0.923. The van der Waals surface area contributed by atoms with Crippen molar-refractivity contribution in [2.45, 2.75) is 13.1 Å². The summed E-state index contributed by atoms with van der Waals surface area (Å²) < 4.78 is 0. The van der Waals surface area contributed by atoms with Gasteiger partial charge in [0.1, 0.15) is 10.7 Å². The summed E-state index contributed by atoms with van der Waals surface area (Å²) in [4.78, 5) is 25.9. The summed E-state index contributed by atoms with van der Waals surface area (Å²) in [6.45, 7) is 0.495. The van der Waals surface area contributed by atoms with Crippen LogP contribution in [0.1, 0.15) is 11.1 Å². The fourth-order valence-corrected chi connectivity index (χ4v) is 2.89. The molecule has 4 nitrogen and oxygen atoms in total. The molecule has 2 aromatic carbocycles. The Morgan fingerprint density at radius 3 is 2.25 bits per heavy atom. The number of carbonyl (C=O) groups excluding carboxylic acids is 2. The van der Waals surface area contributed by atoms with E-state index in [4.69, 9.17) is 23.2 Å². The van der Waals surface area contributed by atoms with Crippen LogP contribution in [-0.2, 0) is 22.7 Å². The molecule has 122 valence electrons. The van der Waals surface area contributed by atoms with E-state index in [1.165, 1.54) is 0 Å². The van der Waals surface area contributed by atoms with Gasteiger partial charge in [-0.25, -0.2) is 0 Å². The van der Waals surface area contributed by atoms with Crippen molar-refractivity contribution in [3.05, 3.63) is 81.5 Å². The minimum Gasteiger partial charge on any atom is -0.375 e. The first kappa shape index (κ1) is 16.6. The normalized spacial score (nSPS) is 14.5. The Hall–Kier alpha value is -2.30. The van der Waals surface area contributed by atoms with Crippen LogP contribution >= 0.6 is 23.2 Å². The van der Waals surface area contributed by atoms with Crippen LogP contribution in [0, 0.1) is 0 Å². The van der Waals surface area contributed by atoms with Crippen molar-refractivity contribution in [2.75, 3.05) is 0 Å². The Bertz CT molecular complexity index is 819. The summed E-state index contributed by atoms with van der Waals surface area (Å²) >= 11 is 12.2. The van der Waals surface area contributed by atoms with Crippen molar-refractivity contribution < 1.29 is 9.59 Å². The van der Waals surface area contributed by atoms with E-state index in [0.29, 0.717) is 11.6 Å². The molecule has 6 heteroatoms. The average Bonchev–Trinajstić information content (AvgIpc) is 2.79. The van der Waals surface area contributed by atoms with E-state index < -0.39 is 11.8 Å². The Morgan fingerprint density at radius 1 is 0.875 bits per heavy atom. The van der Waals surface area contributed by atoms with Crippen molar-refractivity contribution in [2.24, 2.45) is 0 Å². The van der Waals surface area contributed by atoms with Gasteiger partial charge in [0.2, 0.25) is 0 Å². The second kappa shape index (κ2) is 7.07. The number of rotatable bonds is 5. The van der Waals surface area contributed by atoms with E-state index in [9.17, 15) is 9.59 Å². The number of imide groups is 1. The van der Waals surface area contributed by atoms with Gasteiger partial charge in [0.15, 0.2) is 0 Å². The van der Waals surface area contributed by atoms with Crippen LogP contribution in [0.5, 0.6) is 0 Å².